The first-order valence-electron chi connectivity index (χ1n) is 4.92. The molecule has 0 aromatic heterocycles. The van der Waals surface area contributed by atoms with Crippen LogP contribution in [-0.4, -0.2) is 38.4 Å². The fourth-order valence-electron chi connectivity index (χ4n) is 1.86. The molecular formula is C9H21BN+. The van der Waals surface area contributed by atoms with E-state index in [0.29, 0.717) is 0 Å². The molecular weight excluding hydrogens is 133 g/mol. The molecule has 0 spiro atoms. The van der Waals surface area contributed by atoms with Crippen LogP contribution in [0.2, 0.25) is 19.5 Å². The van der Waals surface area contributed by atoms with E-state index in [9.17, 15) is 0 Å². The van der Waals surface area contributed by atoms with Crippen molar-refractivity contribution >= 4 is 6.71 Å². The molecule has 0 saturated carbocycles. The summed E-state index contributed by atoms with van der Waals surface area (Å²) in [5.74, 6) is 0. The molecule has 64 valence electrons. The predicted octanol–water partition coefficient (Wildman–Crippen LogP) is 1.98. The van der Waals surface area contributed by atoms with Gasteiger partial charge in [0.05, 0.1) is 27.2 Å². The number of hydrogen-bond acceptors (Lipinski definition) is 0. The van der Waals surface area contributed by atoms with E-state index in [1.165, 1.54) is 43.1 Å². The van der Waals surface area contributed by atoms with Crippen LogP contribution in [0.25, 0.3) is 0 Å². The Morgan fingerprint density at radius 3 is 2.45 bits per heavy atom. The molecule has 1 nitrogen and oxygen atoms in total. The lowest BCUT2D eigenvalue weighted by molar-refractivity contribution is -0.888. The minimum atomic E-state index is 0.965. The molecule has 1 heterocycles. The monoisotopic (exact) mass is 154 g/mol. The van der Waals surface area contributed by atoms with Crippen molar-refractivity contribution in [2.75, 3.05) is 27.2 Å². The number of rotatable bonds is 0. The van der Waals surface area contributed by atoms with Crippen LogP contribution in [0.15, 0.2) is 0 Å². The van der Waals surface area contributed by atoms with Gasteiger partial charge in [-0.1, -0.05) is 19.6 Å². The average molecular weight is 154 g/mol. The molecule has 0 atom stereocenters. The highest BCUT2D eigenvalue weighted by Crippen LogP contribution is 2.14. The third-order valence-electron chi connectivity index (χ3n) is 2.94. The summed E-state index contributed by atoms with van der Waals surface area (Å²) in [5, 5.41) is 0. The van der Waals surface area contributed by atoms with Crippen LogP contribution >= 0.6 is 0 Å². The van der Waals surface area contributed by atoms with E-state index in [-0.39, 0.29) is 0 Å². The SMILES string of the molecule is CB1CCCC[N+](C)(C)CC1. The molecule has 0 radical (unpaired) electrons. The second-order valence-electron chi connectivity index (χ2n) is 4.77. The van der Waals surface area contributed by atoms with Gasteiger partial charge in [-0.3, -0.25) is 0 Å². The summed E-state index contributed by atoms with van der Waals surface area (Å²) in [4.78, 5) is 0. The summed E-state index contributed by atoms with van der Waals surface area (Å²) < 4.78 is 1.24. The quantitative estimate of drug-likeness (QED) is 0.369. The number of hydrogen-bond donors (Lipinski definition) is 0. The van der Waals surface area contributed by atoms with E-state index in [2.05, 4.69) is 20.9 Å². The topological polar surface area (TPSA) is 0 Å². The van der Waals surface area contributed by atoms with Gasteiger partial charge >= 0.3 is 0 Å². The first-order chi connectivity index (χ1) is 5.10. The van der Waals surface area contributed by atoms with Gasteiger partial charge in [0.25, 0.3) is 0 Å². The van der Waals surface area contributed by atoms with Crippen molar-refractivity contribution in [1.29, 1.82) is 0 Å². The molecule has 1 fully saturated rings. The zero-order valence-electron chi connectivity index (χ0n) is 8.27. The Kier molecular flexibility index (Phi) is 3.00. The lowest BCUT2D eigenvalue weighted by Gasteiger charge is -2.32. The van der Waals surface area contributed by atoms with Crippen LogP contribution in [0.1, 0.15) is 12.8 Å². The molecule has 0 aromatic rings. The Morgan fingerprint density at radius 2 is 1.73 bits per heavy atom. The molecule has 1 aliphatic rings. The summed E-state index contributed by atoms with van der Waals surface area (Å²) >= 11 is 0. The summed E-state index contributed by atoms with van der Waals surface area (Å²) in [6.07, 6.45) is 5.76. The Balaban J connectivity index is 2.38. The molecule has 0 amide bonds. The molecule has 1 saturated heterocycles. The zero-order chi connectivity index (χ0) is 8.32. The van der Waals surface area contributed by atoms with E-state index in [4.69, 9.17) is 0 Å². The van der Waals surface area contributed by atoms with E-state index >= 15 is 0 Å². The zero-order valence-corrected chi connectivity index (χ0v) is 8.27. The molecule has 11 heavy (non-hydrogen) atoms. The second kappa shape index (κ2) is 3.62. The van der Waals surface area contributed by atoms with Crippen molar-refractivity contribution in [3.8, 4) is 0 Å². The van der Waals surface area contributed by atoms with Gasteiger partial charge in [-0.2, -0.15) is 0 Å². The standard InChI is InChI=1S/C9H21BN/c1-10-6-4-5-8-11(2,3)9-7-10/h4-9H2,1-3H3/q+1. The summed E-state index contributed by atoms with van der Waals surface area (Å²) in [6, 6.07) is 0. The average Bonchev–Trinajstić information content (AvgIpc) is 1.92. The summed E-state index contributed by atoms with van der Waals surface area (Å²) in [7, 11) is 4.72. The van der Waals surface area contributed by atoms with Crippen molar-refractivity contribution in [3.05, 3.63) is 0 Å². The van der Waals surface area contributed by atoms with Crippen LogP contribution in [0.4, 0.5) is 0 Å². The van der Waals surface area contributed by atoms with Crippen LogP contribution < -0.4 is 0 Å². The minimum Gasteiger partial charge on any atom is -0.329 e. The van der Waals surface area contributed by atoms with Gasteiger partial charge in [-0.05, 0) is 12.7 Å². The van der Waals surface area contributed by atoms with Crippen molar-refractivity contribution in [1.82, 2.24) is 0 Å². The molecule has 0 unspecified atom stereocenters. The fraction of sp³-hybridized carbons (Fsp3) is 1.00. The largest absolute Gasteiger partial charge is 0.329 e. The molecule has 0 bridgehead atoms. The Labute approximate surface area is 71.4 Å². The maximum absolute atomic E-state index is 2.39. The van der Waals surface area contributed by atoms with Crippen LogP contribution in [0.5, 0.6) is 0 Å². The molecule has 1 aliphatic heterocycles. The van der Waals surface area contributed by atoms with E-state index in [1.807, 2.05) is 0 Å². The lowest BCUT2D eigenvalue weighted by atomic mass is 9.46. The summed E-state index contributed by atoms with van der Waals surface area (Å²) in [5.41, 5.74) is 0. The molecule has 0 aliphatic carbocycles. The minimum absolute atomic E-state index is 0.965. The Morgan fingerprint density at radius 1 is 1.00 bits per heavy atom. The van der Waals surface area contributed by atoms with E-state index < -0.39 is 0 Å². The highest BCUT2D eigenvalue weighted by molar-refractivity contribution is 6.57. The summed E-state index contributed by atoms with van der Waals surface area (Å²) in [6.45, 7) is 6.12. The van der Waals surface area contributed by atoms with Crippen molar-refractivity contribution < 1.29 is 4.48 Å². The van der Waals surface area contributed by atoms with Gasteiger partial charge in [0, 0.05) is 0 Å². The third-order valence-corrected chi connectivity index (χ3v) is 2.94. The highest BCUT2D eigenvalue weighted by atomic mass is 15.3. The van der Waals surface area contributed by atoms with Crippen molar-refractivity contribution in [3.63, 3.8) is 0 Å². The van der Waals surface area contributed by atoms with Gasteiger partial charge in [0.2, 0.25) is 0 Å². The van der Waals surface area contributed by atoms with Gasteiger partial charge < -0.3 is 4.48 Å². The van der Waals surface area contributed by atoms with Gasteiger partial charge in [-0.15, -0.1) is 0 Å². The first kappa shape index (κ1) is 9.12. The third kappa shape index (κ3) is 3.28. The van der Waals surface area contributed by atoms with Crippen LogP contribution in [0, 0.1) is 0 Å². The second-order valence-corrected chi connectivity index (χ2v) is 4.77. The molecule has 0 N–H and O–H groups in total. The normalized spacial score (nSPS) is 25.9. The smallest absolute Gasteiger partial charge is 0.143 e. The maximum atomic E-state index is 2.39. The van der Waals surface area contributed by atoms with Gasteiger partial charge in [-0.25, -0.2) is 0 Å². The van der Waals surface area contributed by atoms with Gasteiger partial charge in [0.15, 0.2) is 0 Å². The van der Waals surface area contributed by atoms with Crippen molar-refractivity contribution in [2.24, 2.45) is 0 Å². The van der Waals surface area contributed by atoms with Crippen LogP contribution in [0.3, 0.4) is 0 Å². The Bertz CT molecular complexity index is 123. The molecule has 0 aromatic carbocycles. The molecule has 1 rings (SSSR count). The predicted molar refractivity (Wildman–Crippen MR) is 52.3 cm³/mol. The van der Waals surface area contributed by atoms with E-state index in [0.717, 1.165) is 6.71 Å². The first-order valence-corrected chi connectivity index (χ1v) is 4.92. The Hall–Kier alpha value is 0.0249. The van der Waals surface area contributed by atoms with Crippen molar-refractivity contribution in [2.45, 2.75) is 32.3 Å². The highest BCUT2D eigenvalue weighted by Gasteiger charge is 2.20. The lowest BCUT2D eigenvalue weighted by Crippen LogP contribution is -2.43. The molecule has 2 heteroatoms. The fourth-order valence-corrected chi connectivity index (χ4v) is 1.86. The van der Waals surface area contributed by atoms with Gasteiger partial charge in [0.1, 0.15) is 6.71 Å². The van der Waals surface area contributed by atoms with E-state index in [1.54, 1.807) is 0 Å². The number of nitrogens with zero attached hydrogens (tertiary/aromatic N) is 1. The van der Waals surface area contributed by atoms with Crippen LogP contribution in [-0.2, 0) is 0 Å². The number of quaternary nitrogens is 1. The maximum Gasteiger partial charge on any atom is 0.143 e.